The van der Waals surface area contributed by atoms with Crippen molar-refractivity contribution in [2.24, 2.45) is 7.05 Å². The summed E-state index contributed by atoms with van der Waals surface area (Å²) in [4.78, 5) is 27.2. The van der Waals surface area contributed by atoms with Gasteiger partial charge in [0, 0.05) is 49.5 Å². The Morgan fingerprint density at radius 1 is 1.26 bits per heavy atom. The summed E-state index contributed by atoms with van der Waals surface area (Å²) in [6.45, 7) is 2.28. The number of anilines is 2. The van der Waals surface area contributed by atoms with Gasteiger partial charge in [0.15, 0.2) is 0 Å². The number of benzene rings is 2. The first-order valence-corrected chi connectivity index (χ1v) is 12.2. The molecular weight excluding hydrogens is 501 g/mol. The van der Waals surface area contributed by atoms with Crippen LogP contribution in [0.1, 0.15) is 52.1 Å². The number of carboxylic acid groups (broad SMARTS) is 1. The van der Waals surface area contributed by atoms with Crippen LogP contribution in [0.3, 0.4) is 0 Å². The molecule has 0 bridgehead atoms. The molecule has 5 rings (SSSR count). The van der Waals surface area contributed by atoms with E-state index >= 15 is 0 Å². The molecule has 38 heavy (non-hydrogen) atoms. The molecule has 2 amide bonds. The van der Waals surface area contributed by atoms with Crippen LogP contribution in [0.15, 0.2) is 42.7 Å². The molecule has 200 valence electrons. The van der Waals surface area contributed by atoms with E-state index in [1.807, 2.05) is 30.7 Å². The molecule has 1 fully saturated rings. The summed E-state index contributed by atoms with van der Waals surface area (Å²) in [5.74, 6) is 0.332. The van der Waals surface area contributed by atoms with Crippen molar-refractivity contribution in [1.29, 1.82) is 0 Å². The predicted molar refractivity (Wildman–Crippen MR) is 133 cm³/mol. The Morgan fingerprint density at radius 3 is 2.71 bits per heavy atom. The predicted octanol–water partition coefficient (Wildman–Crippen LogP) is 4.50. The van der Waals surface area contributed by atoms with Crippen molar-refractivity contribution in [1.82, 2.24) is 19.7 Å². The van der Waals surface area contributed by atoms with Crippen LogP contribution < -0.4 is 10.2 Å². The molecule has 1 saturated heterocycles. The topological polar surface area (TPSA) is 104 Å². The molecule has 1 aromatic heterocycles. The SMILES string of the molecule is CC(Cc1nncn1C)c1cccc(N2Cc3c(cc(NC4CCN(C(=O)O)C4)cc3C(F)(F)F)C2=O)c1. The molecule has 0 spiro atoms. The van der Waals surface area contributed by atoms with Gasteiger partial charge in [0.2, 0.25) is 0 Å². The highest BCUT2D eigenvalue weighted by atomic mass is 19.4. The average molecular weight is 529 g/mol. The third-order valence-electron chi connectivity index (χ3n) is 7.22. The zero-order valence-electron chi connectivity index (χ0n) is 20.9. The molecule has 2 N–H and O–H groups in total. The number of aromatic nitrogens is 3. The smallest absolute Gasteiger partial charge is 0.416 e. The molecule has 12 heteroatoms. The molecule has 2 unspecified atom stereocenters. The lowest BCUT2D eigenvalue weighted by Gasteiger charge is -2.19. The van der Waals surface area contributed by atoms with E-state index in [-0.39, 0.29) is 41.9 Å². The molecular formula is C26H27F3N6O3. The molecule has 3 heterocycles. The number of alkyl halides is 3. The van der Waals surface area contributed by atoms with Crippen LogP contribution in [0.25, 0.3) is 0 Å². The lowest BCUT2D eigenvalue weighted by Crippen LogP contribution is -2.30. The zero-order valence-corrected chi connectivity index (χ0v) is 20.9. The van der Waals surface area contributed by atoms with E-state index in [0.717, 1.165) is 17.5 Å². The summed E-state index contributed by atoms with van der Waals surface area (Å²) in [6.07, 6.45) is -3.04. The lowest BCUT2D eigenvalue weighted by molar-refractivity contribution is -0.138. The third-order valence-corrected chi connectivity index (χ3v) is 7.22. The normalized spacial score (nSPS) is 18.1. The first kappa shape index (κ1) is 25.6. The van der Waals surface area contributed by atoms with Gasteiger partial charge in [0.1, 0.15) is 12.2 Å². The monoisotopic (exact) mass is 528 g/mol. The van der Waals surface area contributed by atoms with Crippen molar-refractivity contribution >= 4 is 23.4 Å². The number of aryl methyl sites for hydroxylation is 1. The zero-order chi connectivity index (χ0) is 27.2. The quantitative estimate of drug-likeness (QED) is 0.488. The summed E-state index contributed by atoms with van der Waals surface area (Å²) < 4.78 is 44.1. The Hall–Kier alpha value is -4.09. The van der Waals surface area contributed by atoms with Gasteiger partial charge in [-0.15, -0.1) is 10.2 Å². The molecule has 2 aliphatic rings. The van der Waals surface area contributed by atoms with E-state index in [0.29, 0.717) is 25.1 Å². The van der Waals surface area contributed by atoms with Crippen molar-refractivity contribution in [3.63, 3.8) is 0 Å². The molecule has 9 nitrogen and oxygen atoms in total. The number of rotatable bonds is 6. The van der Waals surface area contributed by atoms with E-state index in [9.17, 15) is 22.8 Å². The first-order valence-electron chi connectivity index (χ1n) is 12.2. The summed E-state index contributed by atoms with van der Waals surface area (Å²) in [7, 11) is 1.86. The van der Waals surface area contributed by atoms with Gasteiger partial charge < -0.3 is 24.8 Å². The van der Waals surface area contributed by atoms with Crippen LogP contribution in [-0.4, -0.2) is 55.9 Å². The Bertz CT molecular complexity index is 1390. The van der Waals surface area contributed by atoms with E-state index in [2.05, 4.69) is 15.5 Å². The van der Waals surface area contributed by atoms with Crippen molar-refractivity contribution < 1.29 is 27.9 Å². The van der Waals surface area contributed by atoms with Crippen LogP contribution >= 0.6 is 0 Å². The number of nitrogens with one attached hydrogen (secondary N) is 1. The minimum Gasteiger partial charge on any atom is -0.465 e. The van der Waals surface area contributed by atoms with Crippen molar-refractivity contribution in [2.75, 3.05) is 23.3 Å². The average Bonchev–Trinajstić information content (AvgIpc) is 3.58. The van der Waals surface area contributed by atoms with Gasteiger partial charge in [-0.2, -0.15) is 13.2 Å². The minimum absolute atomic E-state index is 0.00653. The molecule has 0 aliphatic carbocycles. The molecule has 2 atom stereocenters. The van der Waals surface area contributed by atoms with E-state index in [1.165, 1.54) is 15.9 Å². The van der Waals surface area contributed by atoms with Gasteiger partial charge in [-0.25, -0.2) is 4.79 Å². The Kier molecular flexibility index (Phi) is 6.49. The third kappa shape index (κ3) is 4.90. The number of hydrogen-bond acceptors (Lipinski definition) is 5. The fourth-order valence-corrected chi connectivity index (χ4v) is 5.12. The van der Waals surface area contributed by atoms with Crippen molar-refractivity contribution in [2.45, 2.75) is 44.4 Å². The Labute approximate surface area is 216 Å². The summed E-state index contributed by atoms with van der Waals surface area (Å²) in [5, 5.41) is 20.2. The van der Waals surface area contributed by atoms with Crippen LogP contribution in [0.2, 0.25) is 0 Å². The van der Waals surface area contributed by atoms with Crippen LogP contribution in [0, 0.1) is 0 Å². The highest BCUT2D eigenvalue weighted by Crippen LogP contribution is 2.41. The maximum Gasteiger partial charge on any atom is 0.416 e. The fourth-order valence-electron chi connectivity index (χ4n) is 5.12. The summed E-state index contributed by atoms with van der Waals surface area (Å²) in [6, 6.07) is 9.37. The second kappa shape index (κ2) is 9.66. The standard InChI is InChI=1S/C26H27F3N6O3/c1-15(8-23-32-30-14-33(23)2)16-4-3-5-19(9-16)35-13-21-20(24(35)36)10-18(11-22(21)26(27,28)29)31-17-6-7-34(12-17)25(37)38/h3-5,9-11,14-15,17,31H,6-8,12-13H2,1-2H3,(H,37,38). The van der Waals surface area contributed by atoms with Crippen LogP contribution in [-0.2, 0) is 26.2 Å². The summed E-state index contributed by atoms with van der Waals surface area (Å²) in [5.41, 5.74) is 0.654. The number of carbonyl (C=O) groups is 2. The van der Waals surface area contributed by atoms with Gasteiger partial charge in [-0.1, -0.05) is 19.1 Å². The minimum atomic E-state index is -4.66. The van der Waals surface area contributed by atoms with Crippen molar-refractivity contribution in [3.8, 4) is 0 Å². The number of nitrogens with zero attached hydrogens (tertiary/aromatic N) is 5. The van der Waals surface area contributed by atoms with Crippen LogP contribution in [0.4, 0.5) is 29.3 Å². The second-order valence-electron chi connectivity index (χ2n) is 9.86. The maximum absolute atomic E-state index is 14.1. The van der Waals surface area contributed by atoms with Gasteiger partial charge in [0.05, 0.1) is 12.1 Å². The van der Waals surface area contributed by atoms with Gasteiger partial charge in [-0.05, 0) is 47.7 Å². The first-order chi connectivity index (χ1) is 18.0. The van der Waals surface area contributed by atoms with E-state index in [4.69, 9.17) is 5.11 Å². The van der Waals surface area contributed by atoms with Crippen LogP contribution in [0.5, 0.6) is 0 Å². The van der Waals surface area contributed by atoms with Gasteiger partial charge >= 0.3 is 12.3 Å². The Balaban J connectivity index is 1.41. The fraction of sp³-hybridized carbons (Fsp3) is 0.385. The molecule has 2 aliphatic heterocycles. The number of halogens is 3. The molecule has 3 aromatic rings. The summed E-state index contributed by atoms with van der Waals surface area (Å²) >= 11 is 0. The highest BCUT2D eigenvalue weighted by molar-refractivity contribution is 6.11. The highest BCUT2D eigenvalue weighted by Gasteiger charge is 2.41. The molecule has 0 radical (unpaired) electrons. The van der Waals surface area contributed by atoms with Gasteiger partial charge in [-0.3, -0.25) is 4.79 Å². The number of fused-ring (bicyclic) bond motifs is 1. The number of likely N-dealkylation sites (tertiary alicyclic amines) is 1. The number of carbonyl (C=O) groups excluding carboxylic acids is 1. The lowest BCUT2D eigenvalue weighted by atomic mass is 9.97. The molecule has 0 saturated carbocycles. The van der Waals surface area contributed by atoms with Crippen molar-refractivity contribution in [3.05, 3.63) is 70.8 Å². The second-order valence-corrected chi connectivity index (χ2v) is 9.86. The van der Waals surface area contributed by atoms with Gasteiger partial charge in [0.25, 0.3) is 5.91 Å². The Morgan fingerprint density at radius 2 is 2.05 bits per heavy atom. The number of hydrogen-bond donors (Lipinski definition) is 2. The van der Waals surface area contributed by atoms with E-state index in [1.54, 1.807) is 18.5 Å². The molecule has 2 aromatic carbocycles. The maximum atomic E-state index is 14.1. The van der Waals surface area contributed by atoms with E-state index < -0.39 is 23.7 Å². The largest absolute Gasteiger partial charge is 0.465 e. The number of amides is 2.